The molecule has 0 fully saturated rings. The van der Waals surface area contributed by atoms with E-state index >= 15 is 0 Å². The van der Waals surface area contributed by atoms with E-state index in [1.54, 1.807) is 6.92 Å². The van der Waals surface area contributed by atoms with Crippen LogP contribution in [0.25, 0.3) is 0 Å². The number of amides is 2. The number of carbonyl (C=O) groups excluding carboxylic acids is 2. The summed E-state index contributed by atoms with van der Waals surface area (Å²) >= 11 is 7.74. The van der Waals surface area contributed by atoms with Gasteiger partial charge in [-0.25, -0.2) is 9.59 Å². The SMILES string of the molecule is CCOC(=O)C1=C(CN[C@H](C)c2ccccc2Cl)NC(=O)N[C@@H]1c1cccs1. The van der Waals surface area contributed by atoms with Crippen LogP contribution in [0.4, 0.5) is 4.79 Å². The van der Waals surface area contributed by atoms with Gasteiger partial charge in [-0.1, -0.05) is 35.9 Å². The number of hydrogen-bond acceptors (Lipinski definition) is 5. The smallest absolute Gasteiger partial charge is 0.338 e. The maximum Gasteiger partial charge on any atom is 0.338 e. The monoisotopic (exact) mass is 419 g/mol. The Morgan fingerprint density at radius 1 is 1.32 bits per heavy atom. The first kappa shape index (κ1) is 20.4. The molecule has 2 amide bonds. The molecule has 0 bridgehead atoms. The fourth-order valence-corrected chi connectivity index (χ4v) is 4.15. The number of hydrogen-bond donors (Lipinski definition) is 3. The highest BCUT2D eigenvalue weighted by atomic mass is 35.5. The summed E-state index contributed by atoms with van der Waals surface area (Å²) in [6, 6.07) is 10.4. The van der Waals surface area contributed by atoms with Crippen LogP contribution in [0.2, 0.25) is 5.02 Å². The lowest BCUT2D eigenvalue weighted by Crippen LogP contribution is -2.48. The summed E-state index contributed by atoms with van der Waals surface area (Å²) in [5, 5.41) is 11.5. The van der Waals surface area contributed by atoms with Gasteiger partial charge in [-0.3, -0.25) is 0 Å². The number of carbonyl (C=O) groups is 2. The number of esters is 1. The van der Waals surface area contributed by atoms with Gasteiger partial charge in [0.15, 0.2) is 0 Å². The fourth-order valence-electron chi connectivity index (χ4n) is 3.07. The van der Waals surface area contributed by atoms with Crippen molar-refractivity contribution in [3.8, 4) is 0 Å². The van der Waals surface area contributed by atoms with Crippen LogP contribution in [-0.2, 0) is 9.53 Å². The Morgan fingerprint density at radius 3 is 2.79 bits per heavy atom. The molecule has 1 aliphatic rings. The fraction of sp³-hybridized carbons (Fsp3) is 0.300. The average Bonchev–Trinajstić information content (AvgIpc) is 3.20. The van der Waals surface area contributed by atoms with E-state index in [0.717, 1.165) is 10.4 Å². The minimum absolute atomic E-state index is 0.0726. The summed E-state index contributed by atoms with van der Waals surface area (Å²) in [5.41, 5.74) is 1.85. The molecule has 0 radical (unpaired) electrons. The molecule has 3 N–H and O–H groups in total. The molecule has 1 aromatic carbocycles. The van der Waals surface area contributed by atoms with E-state index < -0.39 is 12.0 Å². The molecule has 6 nitrogen and oxygen atoms in total. The molecule has 3 rings (SSSR count). The Labute approximate surface area is 172 Å². The van der Waals surface area contributed by atoms with Gasteiger partial charge >= 0.3 is 12.0 Å². The Kier molecular flexibility index (Phi) is 6.72. The van der Waals surface area contributed by atoms with Crippen molar-refractivity contribution in [2.45, 2.75) is 25.9 Å². The van der Waals surface area contributed by atoms with Crippen molar-refractivity contribution >= 4 is 34.9 Å². The summed E-state index contributed by atoms with van der Waals surface area (Å²) in [5.74, 6) is -0.449. The third kappa shape index (κ3) is 4.55. The number of urea groups is 1. The number of rotatable bonds is 7. The average molecular weight is 420 g/mol. The highest BCUT2D eigenvalue weighted by Crippen LogP contribution is 2.31. The van der Waals surface area contributed by atoms with Crippen molar-refractivity contribution in [1.82, 2.24) is 16.0 Å². The summed E-state index contributed by atoms with van der Waals surface area (Å²) < 4.78 is 5.25. The predicted molar refractivity (Wildman–Crippen MR) is 110 cm³/mol. The van der Waals surface area contributed by atoms with Gasteiger partial charge in [0.1, 0.15) is 0 Å². The maximum atomic E-state index is 12.7. The minimum atomic E-state index is -0.541. The third-order valence-corrected chi connectivity index (χ3v) is 5.71. The predicted octanol–water partition coefficient (Wildman–Crippen LogP) is 3.92. The molecule has 0 spiro atoms. The first-order valence-corrected chi connectivity index (χ1v) is 10.3. The highest BCUT2D eigenvalue weighted by molar-refractivity contribution is 7.10. The van der Waals surface area contributed by atoms with Gasteiger partial charge in [0.05, 0.1) is 18.2 Å². The summed E-state index contributed by atoms with van der Waals surface area (Å²) in [6.07, 6.45) is 0. The molecule has 8 heteroatoms. The molecule has 1 aliphatic heterocycles. The van der Waals surface area contributed by atoms with Crippen LogP contribution in [-0.4, -0.2) is 25.2 Å². The maximum absolute atomic E-state index is 12.7. The first-order valence-electron chi connectivity index (χ1n) is 9.00. The number of benzene rings is 1. The largest absolute Gasteiger partial charge is 0.463 e. The molecular weight excluding hydrogens is 398 g/mol. The zero-order valence-electron chi connectivity index (χ0n) is 15.6. The number of nitrogens with one attached hydrogen (secondary N) is 3. The van der Waals surface area contributed by atoms with Gasteiger partial charge in [0.2, 0.25) is 0 Å². The molecular formula is C20H22ClN3O3S. The molecule has 2 heterocycles. The lowest BCUT2D eigenvalue weighted by molar-refractivity contribution is -0.139. The summed E-state index contributed by atoms with van der Waals surface area (Å²) in [7, 11) is 0. The second kappa shape index (κ2) is 9.23. The molecule has 148 valence electrons. The van der Waals surface area contributed by atoms with Crippen molar-refractivity contribution in [3.05, 3.63) is 68.5 Å². The second-order valence-electron chi connectivity index (χ2n) is 6.28. The van der Waals surface area contributed by atoms with Gasteiger partial charge in [-0.05, 0) is 36.9 Å². The van der Waals surface area contributed by atoms with Gasteiger partial charge in [0, 0.05) is 28.2 Å². The van der Waals surface area contributed by atoms with E-state index in [1.807, 2.05) is 48.7 Å². The zero-order chi connectivity index (χ0) is 20.1. The Bertz CT molecular complexity index is 883. The normalized spacial score (nSPS) is 17.7. The van der Waals surface area contributed by atoms with Crippen LogP contribution in [0.15, 0.2) is 53.0 Å². The molecule has 2 aromatic rings. The van der Waals surface area contributed by atoms with E-state index in [0.29, 0.717) is 16.3 Å². The molecule has 0 saturated heterocycles. The van der Waals surface area contributed by atoms with E-state index in [-0.39, 0.29) is 25.2 Å². The van der Waals surface area contributed by atoms with Crippen LogP contribution < -0.4 is 16.0 Å². The van der Waals surface area contributed by atoms with Crippen LogP contribution >= 0.6 is 22.9 Å². The Morgan fingerprint density at radius 2 is 2.11 bits per heavy atom. The first-order chi connectivity index (χ1) is 13.5. The van der Waals surface area contributed by atoms with Crippen molar-refractivity contribution < 1.29 is 14.3 Å². The van der Waals surface area contributed by atoms with E-state index in [9.17, 15) is 9.59 Å². The Balaban J connectivity index is 1.89. The molecule has 28 heavy (non-hydrogen) atoms. The topological polar surface area (TPSA) is 79.5 Å². The highest BCUT2D eigenvalue weighted by Gasteiger charge is 2.34. The lowest BCUT2D eigenvalue weighted by Gasteiger charge is -2.29. The van der Waals surface area contributed by atoms with Gasteiger partial charge in [0.25, 0.3) is 0 Å². The second-order valence-corrected chi connectivity index (χ2v) is 7.67. The van der Waals surface area contributed by atoms with Gasteiger partial charge in [-0.2, -0.15) is 0 Å². The number of thiophene rings is 1. The van der Waals surface area contributed by atoms with Crippen LogP contribution in [0.5, 0.6) is 0 Å². The van der Waals surface area contributed by atoms with Gasteiger partial charge in [-0.15, -0.1) is 11.3 Å². The van der Waals surface area contributed by atoms with Gasteiger partial charge < -0.3 is 20.7 Å². The van der Waals surface area contributed by atoms with E-state index in [1.165, 1.54) is 11.3 Å². The molecule has 1 aromatic heterocycles. The molecule has 2 atom stereocenters. The summed E-state index contributed by atoms with van der Waals surface area (Å²) in [6.45, 7) is 4.27. The third-order valence-electron chi connectivity index (χ3n) is 4.43. The van der Waals surface area contributed by atoms with Crippen molar-refractivity contribution in [1.29, 1.82) is 0 Å². The standard InChI is InChI=1S/C20H22ClN3O3S/c1-3-27-19(25)17-15(11-22-12(2)13-7-4-5-8-14(13)21)23-20(26)24-18(17)16-9-6-10-28-16/h4-10,12,18,22H,3,11H2,1-2H3,(H2,23,24,26)/t12-,18-/m1/s1. The van der Waals surface area contributed by atoms with E-state index in [2.05, 4.69) is 16.0 Å². The van der Waals surface area contributed by atoms with Crippen molar-refractivity contribution in [2.24, 2.45) is 0 Å². The summed E-state index contributed by atoms with van der Waals surface area (Å²) in [4.78, 5) is 25.8. The van der Waals surface area contributed by atoms with E-state index in [4.69, 9.17) is 16.3 Å². The Hall–Kier alpha value is -2.35. The zero-order valence-corrected chi connectivity index (χ0v) is 17.2. The van der Waals surface area contributed by atoms with Crippen LogP contribution in [0.3, 0.4) is 0 Å². The number of halogens is 1. The number of ether oxygens (including phenoxy) is 1. The van der Waals surface area contributed by atoms with Crippen LogP contribution in [0, 0.1) is 0 Å². The van der Waals surface area contributed by atoms with Crippen molar-refractivity contribution in [2.75, 3.05) is 13.2 Å². The minimum Gasteiger partial charge on any atom is -0.463 e. The van der Waals surface area contributed by atoms with Crippen molar-refractivity contribution in [3.63, 3.8) is 0 Å². The molecule has 0 aliphatic carbocycles. The quantitative estimate of drug-likeness (QED) is 0.594. The van der Waals surface area contributed by atoms with Crippen LogP contribution in [0.1, 0.15) is 36.4 Å². The lowest BCUT2D eigenvalue weighted by atomic mass is 10.0. The molecule has 0 unspecified atom stereocenters. The molecule has 0 saturated carbocycles.